The van der Waals surface area contributed by atoms with Gasteiger partial charge in [-0.1, -0.05) is 32.9 Å². The van der Waals surface area contributed by atoms with Crippen LogP contribution >= 0.6 is 15.9 Å². The normalized spacial score (nSPS) is 11.5. The number of ether oxygens (including phenoxy) is 4. The second-order valence-corrected chi connectivity index (χ2v) is 8.98. The highest BCUT2D eigenvalue weighted by Crippen LogP contribution is 2.37. The third-order valence-electron chi connectivity index (χ3n) is 4.58. The van der Waals surface area contributed by atoms with Crippen molar-refractivity contribution in [3.8, 4) is 23.3 Å². The molecule has 0 N–H and O–H groups in total. The second-order valence-electron chi connectivity index (χ2n) is 8.12. The Labute approximate surface area is 204 Å². The minimum Gasteiger partial charge on any atom is -0.490 e. The molecule has 2 aromatic carbocycles. The van der Waals surface area contributed by atoms with E-state index in [1.807, 2.05) is 25.1 Å². The number of nitriles is 1. The first-order valence-corrected chi connectivity index (χ1v) is 11.6. The molecule has 0 saturated carbocycles. The van der Waals surface area contributed by atoms with Gasteiger partial charge in [0.25, 0.3) is 0 Å². The lowest BCUT2D eigenvalue weighted by molar-refractivity contribution is -0.137. The van der Waals surface area contributed by atoms with Crippen molar-refractivity contribution in [3.63, 3.8) is 0 Å². The van der Waals surface area contributed by atoms with Gasteiger partial charge in [0.15, 0.2) is 11.5 Å². The maximum Gasteiger partial charge on any atom is 0.348 e. The van der Waals surface area contributed by atoms with Crippen molar-refractivity contribution in [2.75, 3.05) is 26.4 Å². The molecule has 33 heavy (non-hydrogen) atoms. The van der Waals surface area contributed by atoms with Gasteiger partial charge in [-0.25, -0.2) is 4.79 Å². The Kier molecular flexibility index (Phi) is 9.80. The third kappa shape index (κ3) is 7.83. The van der Waals surface area contributed by atoms with E-state index in [0.29, 0.717) is 41.4 Å². The molecular weight excluding hydrogens is 486 g/mol. The Morgan fingerprint density at radius 1 is 1.03 bits per heavy atom. The molecule has 0 atom stereocenters. The van der Waals surface area contributed by atoms with Crippen LogP contribution in [0.4, 0.5) is 0 Å². The third-order valence-corrected chi connectivity index (χ3v) is 5.17. The van der Waals surface area contributed by atoms with Crippen molar-refractivity contribution in [1.29, 1.82) is 5.26 Å². The smallest absolute Gasteiger partial charge is 0.348 e. The van der Waals surface area contributed by atoms with Crippen molar-refractivity contribution in [2.45, 2.75) is 40.0 Å². The van der Waals surface area contributed by atoms with E-state index < -0.39 is 5.97 Å². The van der Waals surface area contributed by atoms with Crippen LogP contribution in [0.15, 0.2) is 46.4 Å². The molecule has 0 spiro atoms. The van der Waals surface area contributed by atoms with Crippen LogP contribution in [-0.4, -0.2) is 32.4 Å². The Hall–Kier alpha value is -2.98. The molecule has 176 valence electrons. The Balaban J connectivity index is 2.09. The molecule has 7 heteroatoms. The number of esters is 1. The predicted octanol–water partition coefficient (Wildman–Crippen LogP) is 6.07. The van der Waals surface area contributed by atoms with Gasteiger partial charge in [0.1, 0.15) is 30.6 Å². The van der Waals surface area contributed by atoms with Crippen LogP contribution in [0, 0.1) is 11.3 Å². The summed E-state index contributed by atoms with van der Waals surface area (Å²) in [7, 11) is 0. The van der Waals surface area contributed by atoms with Gasteiger partial charge in [-0.05, 0) is 76.7 Å². The molecule has 0 heterocycles. The summed E-state index contributed by atoms with van der Waals surface area (Å²) >= 11 is 3.50. The average molecular weight is 516 g/mol. The largest absolute Gasteiger partial charge is 0.490 e. The van der Waals surface area contributed by atoms with E-state index in [2.05, 4.69) is 48.8 Å². The zero-order chi connectivity index (χ0) is 24.4. The number of halogens is 1. The highest BCUT2D eigenvalue weighted by atomic mass is 79.9. The molecule has 0 aliphatic carbocycles. The van der Waals surface area contributed by atoms with E-state index in [1.54, 1.807) is 19.1 Å². The number of hydrogen-bond acceptors (Lipinski definition) is 6. The van der Waals surface area contributed by atoms with Gasteiger partial charge in [0.05, 0.1) is 17.7 Å². The SMILES string of the molecule is CCOC(=O)C(C#N)=Cc1cc(Br)c(OCCOc2ccc(C(C)(C)C)cc2)c(OCC)c1. The topological polar surface area (TPSA) is 77.8 Å². The Morgan fingerprint density at radius 2 is 1.70 bits per heavy atom. The van der Waals surface area contributed by atoms with E-state index in [4.69, 9.17) is 18.9 Å². The summed E-state index contributed by atoms with van der Waals surface area (Å²) in [4.78, 5) is 11.9. The van der Waals surface area contributed by atoms with Crippen LogP contribution in [-0.2, 0) is 14.9 Å². The average Bonchev–Trinajstić information content (AvgIpc) is 2.76. The van der Waals surface area contributed by atoms with Gasteiger partial charge in [-0.15, -0.1) is 0 Å². The summed E-state index contributed by atoms with van der Waals surface area (Å²) in [6.45, 7) is 11.3. The zero-order valence-electron chi connectivity index (χ0n) is 19.7. The molecule has 6 nitrogen and oxygen atoms in total. The highest BCUT2D eigenvalue weighted by molar-refractivity contribution is 9.10. The Morgan fingerprint density at radius 3 is 2.27 bits per heavy atom. The molecule has 0 amide bonds. The van der Waals surface area contributed by atoms with E-state index in [9.17, 15) is 10.1 Å². The zero-order valence-corrected chi connectivity index (χ0v) is 21.3. The highest BCUT2D eigenvalue weighted by Gasteiger charge is 2.15. The lowest BCUT2D eigenvalue weighted by Gasteiger charge is -2.19. The number of nitrogens with zero attached hydrogens (tertiary/aromatic N) is 1. The van der Waals surface area contributed by atoms with Gasteiger partial charge < -0.3 is 18.9 Å². The van der Waals surface area contributed by atoms with E-state index in [-0.39, 0.29) is 17.6 Å². The van der Waals surface area contributed by atoms with Crippen LogP contribution in [0.5, 0.6) is 17.2 Å². The van der Waals surface area contributed by atoms with E-state index in [1.165, 1.54) is 11.6 Å². The van der Waals surface area contributed by atoms with E-state index >= 15 is 0 Å². The Bertz CT molecular complexity index is 1020. The van der Waals surface area contributed by atoms with Gasteiger partial charge in [-0.3, -0.25) is 0 Å². The first-order valence-electron chi connectivity index (χ1n) is 10.8. The molecule has 0 unspecified atom stereocenters. The van der Waals surface area contributed by atoms with E-state index in [0.717, 1.165) is 5.75 Å². The number of benzene rings is 2. The molecule has 0 bridgehead atoms. The maximum absolute atomic E-state index is 11.9. The molecule has 0 radical (unpaired) electrons. The first kappa shape index (κ1) is 26.3. The minimum atomic E-state index is -0.665. The number of hydrogen-bond donors (Lipinski definition) is 0. The molecule has 0 aliphatic heterocycles. The predicted molar refractivity (Wildman–Crippen MR) is 132 cm³/mol. The van der Waals surface area contributed by atoms with Crippen LogP contribution < -0.4 is 14.2 Å². The fraction of sp³-hybridized carbons (Fsp3) is 0.385. The fourth-order valence-corrected chi connectivity index (χ4v) is 3.52. The summed E-state index contributed by atoms with van der Waals surface area (Å²) < 4.78 is 23.0. The molecule has 0 aromatic heterocycles. The summed E-state index contributed by atoms with van der Waals surface area (Å²) in [5.74, 6) is 1.13. The quantitative estimate of drug-likeness (QED) is 0.165. The molecule has 0 fully saturated rings. The van der Waals surface area contributed by atoms with Crippen LogP contribution in [0.3, 0.4) is 0 Å². The van der Waals surface area contributed by atoms with Crippen LogP contribution in [0.2, 0.25) is 0 Å². The minimum absolute atomic E-state index is 0.0919. The summed E-state index contributed by atoms with van der Waals surface area (Å²) in [6.07, 6.45) is 1.46. The lowest BCUT2D eigenvalue weighted by atomic mass is 9.87. The van der Waals surface area contributed by atoms with Crippen molar-refractivity contribution < 1.29 is 23.7 Å². The van der Waals surface area contributed by atoms with Crippen molar-refractivity contribution in [3.05, 3.63) is 57.6 Å². The lowest BCUT2D eigenvalue weighted by Crippen LogP contribution is -2.12. The molecular formula is C26H30BrNO5. The second kappa shape index (κ2) is 12.3. The van der Waals surface area contributed by atoms with Crippen LogP contribution in [0.25, 0.3) is 6.08 Å². The van der Waals surface area contributed by atoms with Gasteiger partial charge in [0, 0.05) is 0 Å². The van der Waals surface area contributed by atoms with Gasteiger partial charge in [-0.2, -0.15) is 5.26 Å². The first-order chi connectivity index (χ1) is 15.7. The standard InChI is InChI=1S/C26H30BrNO5/c1-6-30-23-16-18(14-19(17-28)25(29)31-7-2)15-22(27)24(23)33-13-12-32-21-10-8-20(9-11-21)26(3,4)5/h8-11,14-16H,6-7,12-13H2,1-5H3. The van der Waals surface area contributed by atoms with Crippen molar-refractivity contribution >= 4 is 28.0 Å². The summed E-state index contributed by atoms with van der Waals surface area (Å²) in [5, 5.41) is 9.27. The summed E-state index contributed by atoms with van der Waals surface area (Å²) in [5.41, 5.74) is 1.85. The molecule has 0 aliphatic rings. The van der Waals surface area contributed by atoms with Gasteiger partial charge in [0.2, 0.25) is 0 Å². The number of carbonyl (C=O) groups is 1. The van der Waals surface area contributed by atoms with Crippen LogP contribution in [0.1, 0.15) is 45.7 Å². The van der Waals surface area contributed by atoms with Gasteiger partial charge >= 0.3 is 5.97 Å². The monoisotopic (exact) mass is 515 g/mol. The van der Waals surface area contributed by atoms with Crippen molar-refractivity contribution in [1.82, 2.24) is 0 Å². The fourth-order valence-electron chi connectivity index (χ4n) is 2.94. The maximum atomic E-state index is 11.9. The molecule has 2 aromatic rings. The summed E-state index contributed by atoms with van der Waals surface area (Å²) in [6, 6.07) is 13.4. The van der Waals surface area contributed by atoms with Crippen molar-refractivity contribution in [2.24, 2.45) is 0 Å². The molecule has 0 saturated heterocycles. The number of carbonyl (C=O) groups excluding carboxylic acids is 1. The number of rotatable bonds is 10. The molecule has 2 rings (SSSR count).